The van der Waals surface area contributed by atoms with Crippen LogP contribution < -0.4 is 9.30 Å². The Morgan fingerprint density at radius 3 is 2.79 bits per heavy atom. The van der Waals surface area contributed by atoms with E-state index in [1.165, 1.54) is 75.3 Å². The van der Waals surface area contributed by atoms with Gasteiger partial charge in [0.15, 0.2) is 6.20 Å². The van der Waals surface area contributed by atoms with E-state index in [1.807, 2.05) is 11.3 Å². The summed E-state index contributed by atoms with van der Waals surface area (Å²) in [5, 5.41) is 6.01. The largest absolute Gasteiger partial charge is 0.456 e. The first-order valence-corrected chi connectivity index (χ1v) is 11.2. The third-order valence-electron chi connectivity index (χ3n) is 6.66. The van der Waals surface area contributed by atoms with Gasteiger partial charge in [0.1, 0.15) is 18.5 Å². The van der Waals surface area contributed by atoms with Gasteiger partial charge in [0.05, 0.1) is 10.9 Å². The molecule has 3 heteroatoms. The van der Waals surface area contributed by atoms with E-state index in [2.05, 4.69) is 60.4 Å². The lowest BCUT2D eigenvalue weighted by Crippen LogP contribution is -2.31. The van der Waals surface area contributed by atoms with Crippen LogP contribution in [0.3, 0.4) is 0 Å². The molecule has 28 heavy (non-hydrogen) atoms. The number of nitrogens with zero attached hydrogens (tertiary/aromatic N) is 1. The quantitative estimate of drug-likeness (QED) is 0.308. The van der Waals surface area contributed by atoms with Crippen molar-refractivity contribution in [1.29, 1.82) is 0 Å². The molecule has 3 heterocycles. The highest BCUT2D eigenvalue weighted by atomic mass is 32.1. The Morgan fingerprint density at radius 2 is 1.93 bits per heavy atom. The van der Waals surface area contributed by atoms with E-state index < -0.39 is 0 Å². The molecule has 1 aliphatic heterocycles. The standard InChI is InChI=1S/C25H24NOS/c1-15-22-21(14-19-8-10-28-25(15)19)27-20-13-17(11-16-5-3-4-6-16)12-18-7-9-26(2)24(22)23(18)20/h7-10,12-14,16H,3-6,11H2,1-2H3/q+1. The topological polar surface area (TPSA) is 13.1 Å². The highest BCUT2D eigenvalue weighted by Crippen LogP contribution is 2.49. The Balaban J connectivity index is 1.61. The molecule has 0 saturated heterocycles. The van der Waals surface area contributed by atoms with Crippen molar-refractivity contribution in [2.45, 2.75) is 39.0 Å². The lowest BCUT2D eigenvalue weighted by Gasteiger charge is -2.22. The third-order valence-corrected chi connectivity index (χ3v) is 7.71. The van der Waals surface area contributed by atoms with Crippen molar-refractivity contribution in [1.82, 2.24) is 0 Å². The van der Waals surface area contributed by atoms with Gasteiger partial charge in [-0.2, -0.15) is 0 Å². The van der Waals surface area contributed by atoms with Crippen molar-refractivity contribution in [3.8, 4) is 22.8 Å². The highest BCUT2D eigenvalue weighted by molar-refractivity contribution is 7.17. The predicted molar refractivity (Wildman–Crippen MR) is 116 cm³/mol. The molecule has 0 unspecified atom stereocenters. The summed E-state index contributed by atoms with van der Waals surface area (Å²) in [6.45, 7) is 2.24. The molecule has 2 aliphatic rings. The summed E-state index contributed by atoms with van der Waals surface area (Å²) >= 11 is 1.82. The molecule has 0 amide bonds. The van der Waals surface area contributed by atoms with Gasteiger partial charge in [0, 0.05) is 10.8 Å². The summed E-state index contributed by atoms with van der Waals surface area (Å²) in [6, 6.07) is 11.4. The number of fused-ring (bicyclic) bond motifs is 3. The number of thiophene rings is 1. The van der Waals surface area contributed by atoms with Crippen molar-refractivity contribution >= 4 is 32.2 Å². The van der Waals surface area contributed by atoms with E-state index in [4.69, 9.17) is 4.74 Å². The number of pyridine rings is 1. The number of benzene rings is 2. The molecule has 1 fully saturated rings. The van der Waals surface area contributed by atoms with Gasteiger partial charge in [0.25, 0.3) is 0 Å². The molecule has 4 aromatic rings. The van der Waals surface area contributed by atoms with Crippen molar-refractivity contribution in [3.63, 3.8) is 0 Å². The molecule has 140 valence electrons. The molecule has 2 aromatic carbocycles. The van der Waals surface area contributed by atoms with Crippen LogP contribution in [0, 0.1) is 12.8 Å². The summed E-state index contributed by atoms with van der Waals surface area (Å²) in [6.07, 6.45) is 8.92. The van der Waals surface area contributed by atoms with E-state index >= 15 is 0 Å². The van der Waals surface area contributed by atoms with Crippen LogP contribution in [0.2, 0.25) is 0 Å². The van der Waals surface area contributed by atoms with Gasteiger partial charge in [-0.15, -0.1) is 11.3 Å². The highest BCUT2D eigenvalue weighted by Gasteiger charge is 2.31. The summed E-state index contributed by atoms with van der Waals surface area (Å²) in [5.74, 6) is 2.86. The van der Waals surface area contributed by atoms with Crippen LogP contribution in [-0.2, 0) is 13.5 Å². The van der Waals surface area contributed by atoms with Crippen molar-refractivity contribution < 1.29 is 9.30 Å². The van der Waals surface area contributed by atoms with Crippen molar-refractivity contribution in [2.24, 2.45) is 13.0 Å². The molecule has 6 rings (SSSR count). The lowest BCUT2D eigenvalue weighted by molar-refractivity contribution is -0.659. The van der Waals surface area contributed by atoms with Gasteiger partial charge >= 0.3 is 0 Å². The van der Waals surface area contributed by atoms with Crippen LogP contribution in [0.25, 0.3) is 32.1 Å². The zero-order valence-electron chi connectivity index (χ0n) is 16.4. The SMILES string of the molecule is Cc1c2c(cc3ccsc13)Oc1cc(CC3CCCC3)cc3cc[n+](C)c-2c13. The van der Waals surface area contributed by atoms with Crippen LogP contribution >= 0.6 is 11.3 Å². The minimum Gasteiger partial charge on any atom is -0.456 e. The number of aryl methyl sites for hydroxylation is 2. The molecular weight excluding hydrogens is 362 g/mol. The first-order chi connectivity index (χ1) is 13.7. The van der Waals surface area contributed by atoms with Gasteiger partial charge in [-0.3, -0.25) is 0 Å². The van der Waals surface area contributed by atoms with Gasteiger partial charge in [-0.1, -0.05) is 31.7 Å². The summed E-state index contributed by atoms with van der Waals surface area (Å²) < 4.78 is 10.2. The smallest absolute Gasteiger partial charge is 0.228 e. The molecule has 0 bridgehead atoms. The molecule has 2 nitrogen and oxygen atoms in total. The average molecular weight is 387 g/mol. The maximum Gasteiger partial charge on any atom is 0.228 e. The number of ether oxygens (including phenoxy) is 1. The average Bonchev–Trinajstić information content (AvgIpc) is 3.35. The van der Waals surface area contributed by atoms with E-state index in [-0.39, 0.29) is 0 Å². The second-order valence-corrected chi connectivity index (χ2v) is 9.42. The molecule has 0 radical (unpaired) electrons. The van der Waals surface area contributed by atoms with Crippen molar-refractivity contribution in [3.05, 3.63) is 53.0 Å². The molecule has 0 spiro atoms. The van der Waals surface area contributed by atoms with Crippen LogP contribution in [0.5, 0.6) is 11.5 Å². The minimum absolute atomic E-state index is 0.840. The Morgan fingerprint density at radius 1 is 1.07 bits per heavy atom. The summed E-state index contributed by atoms with van der Waals surface area (Å²) in [5.41, 5.74) is 5.28. The van der Waals surface area contributed by atoms with Crippen LogP contribution in [0.1, 0.15) is 36.8 Å². The van der Waals surface area contributed by atoms with E-state index in [1.54, 1.807) is 0 Å². The van der Waals surface area contributed by atoms with E-state index in [0.29, 0.717) is 0 Å². The van der Waals surface area contributed by atoms with Gasteiger partial charge in [0.2, 0.25) is 5.69 Å². The first kappa shape index (κ1) is 16.6. The number of hydrogen-bond donors (Lipinski definition) is 0. The maximum absolute atomic E-state index is 6.56. The van der Waals surface area contributed by atoms with Crippen molar-refractivity contribution in [2.75, 3.05) is 0 Å². The Hall–Kier alpha value is -2.39. The van der Waals surface area contributed by atoms with Crippen LogP contribution in [0.4, 0.5) is 0 Å². The molecule has 0 N–H and O–H groups in total. The Labute approximate surface area is 169 Å². The second kappa shape index (κ2) is 6.05. The van der Waals surface area contributed by atoms with Gasteiger partial charge in [-0.25, -0.2) is 4.57 Å². The Kier molecular flexibility index (Phi) is 3.58. The number of aromatic nitrogens is 1. The fourth-order valence-electron chi connectivity index (χ4n) is 5.31. The third kappa shape index (κ3) is 2.35. The molecule has 2 aromatic heterocycles. The fraction of sp³-hybridized carbons (Fsp3) is 0.320. The number of rotatable bonds is 2. The Bertz CT molecular complexity index is 1250. The maximum atomic E-state index is 6.56. The molecule has 1 saturated carbocycles. The van der Waals surface area contributed by atoms with Crippen LogP contribution in [-0.4, -0.2) is 0 Å². The zero-order chi connectivity index (χ0) is 18.8. The van der Waals surface area contributed by atoms with E-state index in [9.17, 15) is 0 Å². The molecular formula is C25H24NOS+. The van der Waals surface area contributed by atoms with Crippen LogP contribution in [0.15, 0.2) is 41.9 Å². The van der Waals surface area contributed by atoms with Gasteiger partial charge in [-0.05, 0) is 64.7 Å². The minimum atomic E-state index is 0.840. The number of hydrogen-bond acceptors (Lipinski definition) is 2. The van der Waals surface area contributed by atoms with E-state index in [0.717, 1.165) is 17.4 Å². The van der Waals surface area contributed by atoms with Gasteiger partial charge < -0.3 is 4.74 Å². The zero-order valence-corrected chi connectivity index (χ0v) is 17.2. The predicted octanol–water partition coefficient (Wildman–Crippen LogP) is 6.69. The summed E-state index contributed by atoms with van der Waals surface area (Å²) in [4.78, 5) is 0. The lowest BCUT2D eigenvalue weighted by atomic mass is 9.91. The second-order valence-electron chi connectivity index (χ2n) is 8.50. The normalized spacial score (nSPS) is 15.9. The molecule has 0 atom stereocenters. The summed E-state index contributed by atoms with van der Waals surface area (Å²) in [7, 11) is 2.15. The fourth-order valence-corrected chi connectivity index (χ4v) is 6.21. The molecule has 1 aliphatic carbocycles. The first-order valence-electron chi connectivity index (χ1n) is 10.3. The monoisotopic (exact) mass is 386 g/mol.